The van der Waals surface area contributed by atoms with E-state index in [2.05, 4.69) is 18.8 Å². The Kier molecular flexibility index (Phi) is 4.14. The number of anilines is 1. The van der Waals surface area contributed by atoms with Gasteiger partial charge in [-0.1, -0.05) is 26.0 Å². The highest BCUT2D eigenvalue weighted by molar-refractivity contribution is 5.77. The van der Waals surface area contributed by atoms with E-state index in [1.165, 1.54) is 9.13 Å². The second kappa shape index (κ2) is 6.40. The molecular formula is C20H24N6O2. The highest BCUT2D eigenvalue weighted by Gasteiger charge is 2.21. The van der Waals surface area contributed by atoms with E-state index < -0.39 is 0 Å². The molecule has 4 aromatic rings. The molecule has 0 bridgehead atoms. The minimum Gasteiger partial charge on any atom is -0.397 e. The summed E-state index contributed by atoms with van der Waals surface area (Å²) in [6, 6.07) is 7.50. The van der Waals surface area contributed by atoms with Gasteiger partial charge in [-0.25, -0.2) is 4.79 Å². The number of fused-ring (bicyclic) bond motifs is 3. The van der Waals surface area contributed by atoms with Gasteiger partial charge in [-0.05, 0) is 31.4 Å². The SMILES string of the molecule is Cc1cn2c3c(=O)n(CCC(C)C)c(=O)n(C)c3nc2n1-c1ccccc1N. The summed E-state index contributed by atoms with van der Waals surface area (Å²) < 4.78 is 6.40. The van der Waals surface area contributed by atoms with Crippen molar-refractivity contribution in [3.63, 3.8) is 0 Å². The molecule has 8 nitrogen and oxygen atoms in total. The van der Waals surface area contributed by atoms with Gasteiger partial charge in [0, 0.05) is 25.5 Å². The average molecular weight is 380 g/mol. The van der Waals surface area contributed by atoms with Crippen LogP contribution in [0.3, 0.4) is 0 Å². The van der Waals surface area contributed by atoms with E-state index in [1.807, 2.05) is 42.0 Å². The first-order valence-electron chi connectivity index (χ1n) is 9.36. The maximum atomic E-state index is 13.2. The van der Waals surface area contributed by atoms with Crippen molar-refractivity contribution in [2.24, 2.45) is 13.0 Å². The zero-order chi connectivity index (χ0) is 20.2. The van der Waals surface area contributed by atoms with Crippen molar-refractivity contribution in [2.45, 2.75) is 33.7 Å². The van der Waals surface area contributed by atoms with E-state index in [-0.39, 0.29) is 11.2 Å². The fraction of sp³-hybridized carbons (Fsp3) is 0.350. The van der Waals surface area contributed by atoms with Crippen LogP contribution in [0.2, 0.25) is 0 Å². The molecule has 0 spiro atoms. The van der Waals surface area contributed by atoms with E-state index in [1.54, 1.807) is 11.4 Å². The molecule has 0 unspecified atom stereocenters. The third kappa shape index (κ3) is 2.56. The molecule has 1 aromatic carbocycles. The second-order valence-corrected chi connectivity index (χ2v) is 7.60. The summed E-state index contributed by atoms with van der Waals surface area (Å²) in [6.07, 6.45) is 2.61. The number of nitrogens with two attached hydrogens (primary N) is 1. The number of nitrogen functional groups attached to an aromatic ring is 1. The van der Waals surface area contributed by atoms with Gasteiger partial charge in [0.1, 0.15) is 0 Å². The fourth-order valence-electron chi connectivity index (χ4n) is 3.58. The summed E-state index contributed by atoms with van der Waals surface area (Å²) in [5.74, 6) is 0.946. The zero-order valence-corrected chi connectivity index (χ0v) is 16.5. The first-order valence-corrected chi connectivity index (χ1v) is 9.36. The molecule has 0 aliphatic heterocycles. The number of hydrogen-bond donors (Lipinski definition) is 1. The summed E-state index contributed by atoms with van der Waals surface area (Å²) in [6.45, 7) is 6.46. The Morgan fingerprint density at radius 3 is 2.57 bits per heavy atom. The van der Waals surface area contributed by atoms with Gasteiger partial charge < -0.3 is 5.73 Å². The first kappa shape index (κ1) is 18.1. The monoisotopic (exact) mass is 380 g/mol. The lowest BCUT2D eigenvalue weighted by Gasteiger charge is -2.09. The molecule has 0 atom stereocenters. The molecule has 3 aromatic heterocycles. The number of nitrogens with zero attached hydrogens (tertiary/aromatic N) is 5. The molecule has 0 amide bonds. The minimum absolute atomic E-state index is 0.315. The van der Waals surface area contributed by atoms with Crippen LogP contribution in [0.25, 0.3) is 22.6 Å². The van der Waals surface area contributed by atoms with E-state index >= 15 is 0 Å². The van der Waals surface area contributed by atoms with Crippen molar-refractivity contribution in [1.82, 2.24) is 23.1 Å². The van der Waals surface area contributed by atoms with Crippen molar-refractivity contribution in [3.05, 3.63) is 57.0 Å². The van der Waals surface area contributed by atoms with Crippen LogP contribution in [0.1, 0.15) is 26.0 Å². The molecular weight excluding hydrogens is 356 g/mol. The highest BCUT2D eigenvalue weighted by atomic mass is 16.2. The number of imidazole rings is 2. The second-order valence-electron chi connectivity index (χ2n) is 7.60. The third-order valence-electron chi connectivity index (χ3n) is 5.13. The van der Waals surface area contributed by atoms with Crippen LogP contribution in [-0.2, 0) is 13.6 Å². The summed E-state index contributed by atoms with van der Waals surface area (Å²) in [4.78, 5) is 30.5. The topological polar surface area (TPSA) is 92.2 Å². The molecule has 146 valence electrons. The van der Waals surface area contributed by atoms with Crippen molar-refractivity contribution < 1.29 is 0 Å². The average Bonchev–Trinajstić information content (AvgIpc) is 3.15. The molecule has 8 heteroatoms. The maximum absolute atomic E-state index is 13.2. The Labute approximate surface area is 161 Å². The zero-order valence-electron chi connectivity index (χ0n) is 16.5. The predicted molar refractivity (Wildman–Crippen MR) is 110 cm³/mol. The predicted octanol–water partition coefficient (Wildman–Crippen LogP) is 2.08. The van der Waals surface area contributed by atoms with E-state index in [0.29, 0.717) is 35.1 Å². The quantitative estimate of drug-likeness (QED) is 0.549. The number of hydrogen-bond acceptors (Lipinski definition) is 4. The Balaban J connectivity index is 2.07. The molecule has 0 aliphatic carbocycles. The van der Waals surface area contributed by atoms with Gasteiger partial charge in [-0.15, -0.1) is 0 Å². The number of rotatable bonds is 4. The van der Waals surface area contributed by atoms with Gasteiger partial charge in [0.2, 0.25) is 5.78 Å². The van der Waals surface area contributed by atoms with Crippen LogP contribution < -0.4 is 17.0 Å². The Hall–Kier alpha value is -3.29. The fourth-order valence-corrected chi connectivity index (χ4v) is 3.58. The summed E-state index contributed by atoms with van der Waals surface area (Å²) in [7, 11) is 1.65. The number of aryl methyl sites for hydroxylation is 2. The number of para-hydroxylation sites is 2. The van der Waals surface area contributed by atoms with Crippen LogP contribution in [0, 0.1) is 12.8 Å². The highest BCUT2D eigenvalue weighted by Crippen LogP contribution is 2.24. The van der Waals surface area contributed by atoms with Crippen LogP contribution in [0.4, 0.5) is 5.69 Å². The van der Waals surface area contributed by atoms with Gasteiger partial charge in [-0.2, -0.15) is 4.98 Å². The lowest BCUT2D eigenvalue weighted by molar-refractivity contribution is 0.488. The smallest absolute Gasteiger partial charge is 0.332 e. The lowest BCUT2D eigenvalue weighted by atomic mass is 10.1. The molecule has 3 heterocycles. The number of benzene rings is 1. The van der Waals surface area contributed by atoms with Crippen molar-refractivity contribution in [3.8, 4) is 5.69 Å². The molecule has 0 saturated heterocycles. The van der Waals surface area contributed by atoms with Crippen LogP contribution >= 0.6 is 0 Å². The largest absolute Gasteiger partial charge is 0.397 e. The molecule has 0 fully saturated rings. The Morgan fingerprint density at radius 1 is 1.18 bits per heavy atom. The molecule has 4 rings (SSSR count). The van der Waals surface area contributed by atoms with Crippen molar-refractivity contribution in [1.29, 1.82) is 0 Å². The van der Waals surface area contributed by atoms with Crippen molar-refractivity contribution in [2.75, 3.05) is 5.73 Å². The standard InChI is InChI=1S/C20H24N6O2/c1-12(2)9-10-24-18(27)16-17(23(4)20(24)28)22-19-25(16)11-13(3)26(19)15-8-6-5-7-14(15)21/h5-8,11-12H,9-10,21H2,1-4H3. The summed E-state index contributed by atoms with van der Waals surface area (Å²) >= 11 is 0. The van der Waals surface area contributed by atoms with Crippen LogP contribution in [-0.4, -0.2) is 23.1 Å². The van der Waals surface area contributed by atoms with E-state index in [0.717, 1.165) is 17.8 Å². The third-order valence-corrected chi connectivity index (χ3v) is 5.13. The van der Waals surface area contributed by atoms with Gasteiger partial charge >= 0.3 is 5.69 Å². The van der Waals surface area contributed by atoms with Gasteiger partial charge in [0.25, 0.3) is 5.56 Å². The van der Waals surface area contributed by atoms with Gasteiger partial charge in [0.05, 0.1) is 11.4 Å². The van der Waals surface area contributed by atoms with Gasteiger partial charge in [0.15, 0.2) is 11.2 Å². The van der Waals surface area contributed by atoms with Crippen molar-refractivity contribution >= 4 is 22.6 Å². The molecule has 28 heavy (non-hydrogen) atoms. The molecule has 0 saturated carbocycles. The van der Waals surface area contributed by atoms with E-state index in [4.69, 9.17) is 5.73 Å². The first-order chi connectivity index (χ1) is 13.3. The van der Waals surface area contributed by atoms with E-state index in [9.17, 15) is 9.59 Å². The van der Waals surface area contributed by atoms with Gasteiger partial charge in [-0.3, -0.25) is 22.9 Å². The number of aromatic nitrogens is 5. The maximum Gasteiger partial charge on any atom is 0.332 e. The normalized spacial score (nSPS) is 11.9. The molecule has 0 radical (unpaired) electrons. The van der Waals surface area contributed by atoms with Crippen LogP contribution in [0.5, 0.6) is 0 Å². The summed E-state index contributed by atoms with van der Waals surface area (Å²) in [5.41, 5.74) is 8.56. The molecule has 2 N–H and O–H groups in total. The van der Waals surface area contributed by atoms with Crippen LogP contribution in [0.15, 0.2) is 40.1 Å². The Morgan fingerprint density at radius 2 is 1.89 bits per heavy atom. The lowest BCUT2D eigenvalue weighted by Crippen LogP contribution is -2.39. The Bertz CT molecular complexity index is 1320. The minimum atomic E-state index is -0.346. The molecule has 0 aliphatic rings. The summed E-state index contributed by atoms with van der Waals surface area (Å²) in [5, 5.41) is 0.